The Balaban J connectivity index is 1.38. The topological polar surface area (TPSA) is 58.4 Å². The Morgan fingerprint density at radius 1 is 1.04 bits per heavy atom. The lowest BCUT2D eigenvalue weighted by atomic mass is 10.1. The van der Waals surface area contributed by atoms with E-state index in [0.29, 0.717) is 24.0 Å². The minimum absolute atomic E-state index is 0.0384. The SMILES string of the molecule is Cc1cccc(CN2CCN(C(=O)Cn3ncc(=O)c4ccccc43)CC2)c1. The van der Waals surface area contributed by atoms with Crippen LogP contribution in [0.25, 0.3) is 10.9 Å². The lowest BCUT2D eigenvalue weighted by molar-refractivity contribution is -0.133. The molecule has 1 fully saturated rings. The van der Waals surface area contributed by atoms with Gasteiger partial charge in [-0.1, -0.05) is 42.0 Å². The van der Waals surface area contributed by atoms with Crippen LogP contribution in [0, 0.1) is 6.92 Å². The molecule has 1 amide bonds. The molecule has 6 heteroatoms. The van der Waals surface area contributed by atoms with Gasteiger partial charge in [-0.15, -0.1) is 0 Å². The second kappa shape index (κ2) is 7.94. The van der Waals surface area contributed by atoms with Gasteiger partial charge in [-0.3, -0.25) is 19.2 Å². The zero-order valence-electron chi connectivity index (χ0n) is 16.0. The van der Waals surface area contributed by atoms with Crippen LogP contribution in [0.1, 0.15) is 11.1 Å². The van der Waals surface area contributed by atoms with E-state index in [1.165, 1.54) is 17.3 Å². The van der Waals surface area contributed by atoms with Gasteiger partial charge in [-0.2, -0.15) is 5.10 Å². The number of nitrogens with zero attached hydrogens (tertiary/aromatic N) is 4. The quantitative estimate of drug-likeness (QED) is 0.699. The third kappa shape index (κ3) is 3.97. The van der Waals surface area contributed by atoms with Crippen LogP contribution in [0.4, 0.5) is 0 Å². The van der Waals surface area contributed by atoms with E-state index in [0.717, 1.165) is 19.6 Å². The third-order valence-electron chi connectivity index (χ3n) is 5.26. The number of hydrogen-bond donors (Lipinski definition) is 0. The largest absolute Gasteiger partial charge is 0.339 e. The average molecular weight is 376 g/mol. The van der Waals surface area contributed by atoms with Crippen LogP contribution in [0.2, 0.25) is 0 Å². The van der Waals surface area contributed by atoms with Crippen LogP contribution in [0.5, 0.6) is 0 Å². The lowest BCUT2D eigenvalue weighted by Crippen LogP contribution is -2.49. The maximum atomic E-state index is 12.8. The highest BCUT2D eigenvalue weighted by atomic mass is 16.2. The second-order valence-electron chi connectivity index (χ2n) is 7.33. The lowest BCUT2D eigenvalue weighted by Gasteiger charge is -2.35. The Hall–Kier alpha value is -2.99. The van der Waals surface area contributed by atoms with Crippen molar-refractivity contribution in [1.82, 2.24) is 19.6 Å². The van der Waals surface area contributed by atoms with Crippen molar-refractivity contribution in [2.75, 3.05) is 26.2 Å². The van der Waals surface area contributed by atoms with E-state index in [2.05, 4.69) is 41.2 Å². The van der Waals surface area contributed by atoms with Crippen molar-refractivity contribution in [3.8, 4) is 0 Å². The maximum Gasteiger partial charge on any atom is 0.244 e. The van der Waals surface area contributed by atoms with Crippen LogP contribution < -0.4 is 5.43 Å². The van der Waals surface area contributed by atoms with Crippen molar-refractivity contribution in [2.45, 2.75) is 20.0 Å². The summed E-state index contributed by atoms with van der Waals surface area (Å²) >= 11 is 0. The Kier molecular flexibility index (Phi) is 5.21. The monoisotopic (exact) mass is 376 g/mol. The summed E-state index contributed by atoms with van der Waals surface area (Å²) in [5.74, 6) is 0.0384. The molecule has 0 bridgehead atoms. The summed E-state index contributed by atoms with van der Waals surface area (Å²) in [7, 11) is 0. The number of benzene rings is 2. The van der Waals surface area contributed by atoms with Crippen LogP contribution in [-0.2, 0) is 17.9 Å². The predicted molar refractivity (Wildman–Crippen MR) is 109 cm³/mol. The molecule has 2 aromatic carbocycles. The fourth-order valence-electron chi connectivity index (χ4n) is 3.74. The Labute approximate surface area is 164 Å². The fourth-order valence-corrected chi connectivity index (χ4v) is 3.74. The van der Waals surface area contributed by atoms with Crippen molar-refractivity contribution in [3.05, 3.63) is 76.1 Å². The van der Waals surface area contributed by atoms with Gasteiger partial charge in [0.25, 0.3) is 0 Å². The third-order valence-corrected chi connectivity index (χ3v) is 5.26. The number of para-hydroxylation sites is 1. The molecule has 2 heterocycles. The van der Waals surface area contributed by atoms with Crippen molar-refractivity contribution < 1.29 is 4.79 Å². The normalized spacial score (nSPS) is 15.1. The Morgan fingerprint density at radius 3 is 2.61 bits per heavy atom. The molecule has 3 aromatic rings. The zero-order chi connectivity index (χ0) is 19.5. The van der Waals surface area contributed by atoms with Gasteiger partial charge < -0.3 is 4.90 Å². The van der Waals surface area contributed by atoms with E-state index in [1.54, 1.807) is 10.7 Å². The number of hydrogen-bond acceptors (Lipinski definition) is 4. The van der Waals surface area contributed by atoms with E-state index in [1.807, 2.05) is 23.1 Å². The highest BCUT2D eigenvalue weighted by Crippen LogP contribution is 2.12. The molecule has 4 rings (SSSR count). The molecule has 0 saturated carbocycles. The summed E-state index contributed by atoms with van der Waals surface area (Å²) in [5.41, 5.74) is 3.15. The number of aryl methyl sites for hydroxylation is 1. The molecular formula is C22H24N4O2. The van der Waals surface area contributed by atoms with Crippen LogP contribution in [0.15, 0.2) is 59.5 Å². The van der Waals surface area contributed by atoms with Crippen molar-refractivity contribution >= 4 is 16.8 Å². The van der Waals surface area contributed by atoms with Crippen LogP contribution in [0.3, 0.4) is 0 Å². The number of piperazine rings is 1. The summed E-state index contributed by atoms with van der Waals surface area (Å²) in [6, 6.07) is 15.8. The first-order chi connectivity index (χ1) is 13.6. The molecule has 6 nitrogen and oxygen atoms in total. The second-order valence-corrected chi connectivity index (χ2v) is 7.33. The van der Waals surface area contributed by atoms with Gasteiger partial charge in [0, 0.05) is 38.1 Å². The van der Waals surface area contributed by atoms with E-state index in [9.17, 15) is 9.59 Å². The van der Waals surface area contributed by atoms with Crippen LogP contribution in [-0.4, -0.2) is 51.7 Å². The average Bonchev–Trinajstić information content (AvgIpc) is 2.71. The van der Waals surface area contributed by atoms with Gasteiger partial charge >= 0.3 is 0 Å². The van der Waals surface area contributed by atoms with Gasteiger partial charge in [-0.25, -0.2) is 0 Å². The number of carbonyl (C=O) groups is 1. The molecule has 1 saturated heterocycles. The molecule has 1 aromatic heterocycles. The maximum absolute atomic E-state index is 12.8. The Bertz CT molecular complexity index is 1050. The molecule has 28 heavy (non-hydrogen) atoms. The van der Waals surface area contributed by atoms with Gasteiger partial charge in [0.05, 0.1) is 11.7 Å². The Morgan fingerprint density at radius 2 is 1.82 bits per heavy atom. The standard InChI is InChI=1S/C22H24N4O2/c1-17-5-4-6-18(13-17)15-24-9-11-25(12-10-24)22(28)16-26-20-8-3-2-7-19(20)21(27)14-23-26/h2-8,13-14H,9-12,15-16H2,1H3. The minimum Gasteiger partial charge on any atom is -0.339 e. The fraction of sp³-hybridized carbons (Fsp3) is 0.318. The molecule has 144 valence electrons. The molecule has 0 aliphatic carbocycles. The molecular weight excluding hydrogens is 352 g/mol. The smallest absolute Gasteiger partial charge is 0.244 e. The first kappa shape index (κ1) is 18.4. The van der Waals surface area contributed by atoms with E-state index < -0.39 is 0 Å². The number of carbonyl (C=O) groups excluding carboxylic acids is 1. The number of rotatable bonds is 4. The van der Waals surface area contributed by atoms with Crippen LogP contribution >= 0.6 is 0 Å². The summed E-state index contributed by atoms with van der Waals surface area (Å²) in [5, 5.41) is 4.76. The molecule has 0 atom stereocenters. The molecule has 0 unspecified atom stereocenters. The summed E-state index contributed by atoms with van der Waals surface area (Å²) in [6.07, 6.45) is 1.29. The van der Waals surface area contributed by atoms with Gasteiger partial charge in [0.15, 0.2) is 0 Å². The highest BCUT2D eigenvalue weighted by Gasteiger charge is 2.22. The van der Waals surface area contributed by atoms with Crippen molar-refractivity contribution in [1.29, 1.82) is 0 Å². The van der Waals surface area contributed by atoms with Crippen molar-refractivity contribution in [2.24, 2.45) is 0 Å². The molecule has 0 radical (unpaired) electrons. The van der Waals surface area contributed by atoms with Gasteiger partial charge in [-0.05, 0) is 24.6 Å². The van der Waals surface area contributed by atoms with Crippen molar-refractivity contribution in [3.63, 3.8) is 0 Å². The predicted octanol–water partition coefficient (Wildman–Crippen LogP) is 2.05. The first-order valence-electron chi connectivity index (χ1n) is 9.61. The summed E-state index contributed by atoms with van der Waals surface area (Å²) in [6.45, 7) is 6.31. The molecule has 1 aliphatic heterocycles. The number of fused-ring (bicyclic) bond motifs is 1. The minimum atomic E-state index is -0.121. The number of aromatic nitrogens is 2. The van der Waals surface area contributed by atoms with E-state index in [4.69, 9.17) is 0 Å². The molecule has 0 N–H and O–H groups in total. The molecule has 0 spiro atoms. The summed E-state index contributed by atoms with van der Waals surface area (Å²) < 4.78 is 1.62. The zero-order valence-corrected chi connectivity index (χ0v) is 16.0. The van der Waals surface area contributed by atoms with Gasteiger partial charge in [0.1, 0.15) is 6.54 Å². The molecule has 1 aliphatic rings. The number of amides is 1. The first-order valence-corrected chi connectivity index (χ1v) is 9.61. The summed E-state index contributed by atoms with van der Waals surface area (Å²) in [4.78, 5) is 29.0. The van der Waals surface area contributed by atoms with Gasteiger partial charge in [0.2, 0.25) is 11.3 Å². The van der Waals surface area contributed by atoms with E-state index >= 15 is 0 Å². The van der Waals surface area contributed by atoms with E-state index in [-0.39, 0.29) is 17.9 Å². The highest BCUT2D eigenvalue weighted by molar-refractivity contribution is 5.81.